The molecule has 1 unspecified atom stereocenters. The Morgan fingerprint density at radius 3 is 2.48 bits per heavy atom. The van der Waals surface area contributed by atoms with Crippen LogP contribution in [0.2, 0.25) is 0 Å². The number of aromatic nitrogens is 1. The van der Waals surface area contributed by atoms with E-state index >= 15 is 0 Å². The molecule has 166 valence electrons. The molecule has 1 fully saturated rings. The van der Waals surface area contributed by atoms with Crippen molar-refractivity contribution < 1.29 is 31.1 Å². The summed E-state index contributed by atoms with van der Waals surface area (Å²) >= 11 is 0. The van der Waals surface area contributed by atoms with Crippen LogP contribution in [0.25, 0.3) is 0 Å². The Bertz CT molecular complexity index is 1180. The van der Waals surface area contributed by atoms with Crippen LogP contribution >= 0.6 is 0 Å². The topological polar surface area (TPSA) is 79.8 Å². The van der Waals surface area contributed by atoms with Crippen molar-refractivity contribution in [2.24, 2.45) is 0 Å². The molecule has 1 atom stereocenters. The maximum atomic E-state index is 13.3. The smallest absolute Gasteiger partial charge is 0.406 e. The Labute approximate surface area is 177 Å². The van der Waals surface area contributed by atoms with Gasteiger partial charge in [0.15, 0.2) is 0 Å². The molecule has 1 aromatic heterocycles. The van der Waals surface area contributed by atoms with Gasteiger partial charge >= 0.3 is 6.36 Å². The number of aryl methyl sites for hydroxylation is 2. The predicted molar refractivity (Wildman–Crippen MR) is 104 cm³/mol. The molecule has 0 bridgehead atoms. The number of amides is 1. The second kappa shape index (κ2) is 6.92. The van der Waals surface area contributed by atoms with Crippen LogP contribution in [0.15, 0.2) is 35.2 Å². The number of sulfonamides is 1. The SMILES string of the molecule is Cc1ccc2c(n1)C1(C)CN(S(=O)(=O)c3ccc(OC(F)(F)F)cc3C)CCN1C2=O. The number of hydrogen-bond acceptors (Lipinski definition) is 5. The molecule has 0 spiro atoms. The largest absolute Gasteiger partial charge is 0.573 e. The van der Waals surface area contributed by atoms with Crippen molar-refractivity contribution in [1.29, 1.82) is 0 Å². The molecule has 31 heavy (non-hydrogen) atoms. The maximum absolute atomic E-state index is 13.3. The van der Waals surface area contributed by atoms with Gasteiger partial charge in [0.05, 0.1) is 21.7 Å². The fourth-order valence-electron chi connectivity index (χ4n) is 4.23. The third kappa shape index (κ3) is 3.55. The maximum Gasteiger partial charge on any atom is 0.573 e. The van der Waals surface area contributed by atoms with Crippen LogP contribution in [0.5, 0.6) is 5.75 Å². The van der Waals surface area contributed by atoms with E-state index in [1.165, 1.54) is 11.2 Å². The first-order valence-electron chi connectivity index (χ1n) is 9.49. The molecule has 2 aromatic rings. The lowest BCUT2D eigenvalue weighted by molar-refractivity contribution is -0.274. The molecular formula is C20H20F3N3O4S. The molecular weight excluding hydrogens is 435 g/mol. The summed E-state index contributed by atoms with van der Waals surface area (Å²) in [6, 6.07) is 6.56. The van der Waals surface area contributed by atoms with E-state index in [1.54, 1.807) is 30.9 Å². The summed E-state index contributed by atoms with van der Waals surface area (Å²) in [5.41, 5.74) is 0.897. The van der Waals surface area contributed by atoms with Gasteiger partial charge in [0, 0.05) is 25.3 Å². The van der Waals surface area contributed by atoms with Crippen LogP contribution in [0.4, 0.5) is 13.2 Å². The van der Waals surface area contributed by atoms with E-state index in [1.807, 2.05) is 0 Å². The summed E-state index contributed by atoms with van der Waals surface area (Å²) in [7, 11) is -4.03. The number of piperazine rings is 1. The highest BCUT2D eigenvalue weighted by molar-refractivity contribution is 7.89. The van der Waals surface area contributed by atoms with Crippen molar-refractivity contribution >= 4 is 15.9 Å². The Hall–Kier alpha value is -2.66. The van der Waals surface area contributed by atoms with E-state index in [0.29, 0.717) is 17.0 Å². The normalized spacial score (nSPS) is 21.7. The van der Waals surface area contributed by atoms with Crippen molar-refractivity contribution in [3.05, 3.63) is 52.8 Å². The number of fused-ring (bicyclic) bond motifs is 3. The number of alkyl halides is 3. The van der Waals surface area contributed by atoms with Gasteiger partial charge in [0.2, 0.25) is 10.0 Å². The molecule has 0 N–H and O–H groups in total. The van der Waals surface area contributed by atoms with Gasteiger partial charge in [-0.25, -0.2) is 8.42 Å². The quantitative estimate of drug-likeness (QED) is 0.711. The Morgan fingerprint density at radius 2 is 1.84 bits per heavy atom. The van der Waals surface area contributed by atoms with Gasteiger partial charge in [-0.1, -0.05) is 0 Å². The molecule has 4 rings (SSSR count). The third-order valence-electron chi connectivity index (χ3n) is 5.67. The van der Waals surface area contributed by atoms with Crippen LogP contribution in [-0.2, 0) is 15.6 Å². The number of benzene rings is 1. The van der Waals surface area contributed by atoms with Crippen molar-refractivity contribution in [1.82, 2.24) is 14.2 Å². The zero-order valence-corrected chi connectivity index (χ0v) is 17.8. The molecule has 11 heteroatoms. The van der Waals surface area contributed by atoms with E-state index in [-0.39, 0.29) is 36.0 Å². The zero-order chi connectivity index (χ0) is 22.8. The number of rotatable bonds is 3. The average Bonchev–Trinajstić information content (AvgIpc) is 2.86. The minimum Gasteiger partial charge on any atom is -0.406 e. The van der Waals surface area contributed by atoms with Gasteiger partial charge in [0.1, 0.15) is 5.75 Å². The van der Waals surface area contributed by atoms with E-state index in [2.05, 4.69) is 9.72 Å². The van der Waals surface area contributed by atoms with Gasteiger partial charge in [-0.2, -0.15) is 4.31 Å². The number of hydrogen-bond donors (Lipinski definition) is 0. The Balaban J connectivity index is 1.68. The van der Waals surface area contributed by atoms with Gasteiger partial charge in [-0.15, -0.1) is 13.2 Å². The van der Waals surface area contributed by atoms with Crippen molar-refractivity contribution in [2.45, 2.75) is 37.6 Å². The summed E-state index contributed by atoms with van der Waals surface area (Å²) < 4.78 is 69.2. The van der Waals surface area contributed by atoms with E-state index in [0.717, 1.165) is 18.2 Å². The minimum absolute atomic E-state index is 0.00916. The lowest BCUT2D eigenvalue weighted by Gasteiger charge is -2.44. The van der Waals surface area contributed by atoms with Gasteiger partial charge < -0.3 is 9.64 Å². The van der Waals surface area contributed by atoms with Crippen LogP contribution in [-0.4, -0.2) is 54.5 Å². The van der Waals surface area contributed by atoms with Crippen LogP contribution < -0.4 is 4.74 Å². The highest BCUT2D eigenvalue weighted by atomic mass is 32.2. The first-order valence-corrected chi connectivity index (χ1v) is 10.9. The number of carbonyl (C=O) groups is 1. The summed E-state index contributed by atoms with van der Waals surface area (Å²) in [5.74, 6) is -0.678. The second-order valence-corrected chi connectivity index (χ2v) is 9.80. The molecule has 0 radical (unpaired) electrons. The molecule has 1 aromatic carbocycles. The standard InChI is InChI=1S/C20H20F3N3O4S/c1-12-10-14(30-20(21,22)23)5-7-16(12)31(28,29)25-8-9-26-18(27)15-6-4-13(2)24-17(15)19(26,3)11-25/h4-7,10H,8-9,11H2,1-3H3. The lowest BCUT2D eigenvalue weighted by Crippen LogP contribution is -2.58. The van der Waals surface area contributed by atoms with Crippen LogP contribution in [0.1, 0.15) is 34.2 Å². The number of ether oxygens (including phenoxy) is 1. The van der Waals surface area contributed by atoms with E-state index < -0.39 is 27.7 Å². The zero-order valence-electron chi connectivity index (χ0n) is 17.0. The second-order valence-electron chi connectivity index (χ2n) is 7.89. The molecule has 1 saturated heterocycles. The van der Waals surface area contributed by atoms with Gasteiger partial charge in [0.25, 0.3) is 5.91 Å². The summed E-state index contributed by atoms with van der Waals surface area (Å²) in [6.45, 7) is 5.22. The highest BCUT2D eigenvalue weighted by Crippen LogP contribution is 2.42. The number of carbonyl (C=O) groups excluding carboxylic acids is 1. The monoisotopic (exact) mass is 455 g/mol. The fourth-order valence-corrected chi connectivity index (χ4v) is 5.96. The first-order chi connectivity index (χ1) is 14.3. The minimum atomic E-state index is -4.87. The molecule has 7 nitrogen and oxygen atoms in total. The number of pyridine rings is 1. The lowest BCUT2D eigenvalue weighted by atomic mass is 9.95. The summed E-state index contributed by atoms with van der Waals surface area (Å²) in [4.78, 5) is 18.8. The molecule has 0 saturated carbocycles. The third-order valence-corrected chi connectivity index (χ3v) is 7.68. The number of halogens is 3. The predicted octanol–water partition coefficient (Wildman–Crippen LogP) is 2.97. The van der Waals surface area contributed by atoms with Crippen molar-refractivity contribution in [3.8, 4) is 5.75 Å². The van der Waals surface area contributed by atoms with Crippen LogP contribution in [0.3, 0.4) is 0 Å². The van der Waals surface area contributed by atoms with E-state index in [9.17, 15) is 26.4 Å². The van der Waals surface area contributed by atoms with Crippen LogP contribution in [0, 0.1) is 13.8 Å². The molecule has 2 aliphatic heterocycles. The fraction of sp³-hybridized carbons (Fsp3) is 0.400. The molecule has 1 amide bonds. The average molecular weight is 455 g/mol. The Morgan fingerprint density at radius 1 is 1.13 bits per heavy atom. The summed E-state index contributed by atoms with van der Waals surface area (Å²) in [6.07, 6.45) is -4.87. The molecule has 3 heterocycles. The van der Waals surface area contributed by atoms with Gasteiger partial charge in [-0.05, 0) is 56.7 Å². The number of nitrogens with zero attached hydrogens (tertiary/aromatic N) is 3. The first kappa shape index (κ1) is 21.6. The molecule has 2 aliphatic rings. The van der Waals surface area contributed by atoms with Crippen molar-refractivity contribution in [3.63, 3.8) is 0 Å². The van der Waals surface area contributed by atoms with Crippen molar-refractivity contribution in [2.75, 3.05) is 19.6 Å². The Kier molecular flexibility index (Phi) is 4.82. The highest BCUT2D eigenvalue weighted by Gasteiger charge is 2.52. The molecule has 0 aliphatic carbocycles. The van der Waals surface area contributed by atoms with E-state index in [4.69, 9.17) is 0 Å². The summed E-state index contributed by atoms with van der Waals surface area (Å²) in [5, 5.41) is 0. The van der Waals surface area contributed by atoms with Gasteiger partial charge in [-0.3, -0.25) is 9.78 Å².